The highest BCUT2D eigenvalue weighted by molar-refractivity contribution is 7.92. The van der Waals surface area contributed by atoms with Crippen LogP contribution in [-0.4, -0.2) is 76.2 Å². The summed E-state index contributed by atoms with van der Waals surface area (Å²) in [6, 6.07) is 4.16. The highest BCUT2D eigenvalue weighted by Crippen LogP contribution is 2.31. The number of hydrogen-bond donors (Lipinski definition) is 0. The van der Waals surface area contributed by atoms with Crippen LogP contribution in [0.4, 0.5) is 0 Å². The largest absolute Gasteiger partial charge is 0.494 e. The summed E-state index contributed by atoms with van der Waals surface area (Å²) in [6.07, 6.45) is 9.20. The van der Waals surface area contributed by atoms with Gasteiger partial charge in [0.25, 0.3) is 0 Å². The molecule has 1 atom stereocenters. The monoisotopic (exact) mass is 509 g/mol. The molecule has 0 radical (unpaired) electrons. The minimum absolute atomic E-state index is 0.0210. The molecule has 36 heavy (non-hydrogen) atoms. The van der Waals surface area contributed by atoms with Gasteiger partial charge in [-0.1, -0.05) is 6.58 Å². The maximum Gasteiger partial charge on any atom is 0.235 e. The molecule has 5 rings (SSSR count). The van der Waals surface area contributed by atoms with E-state index in [1.165, 1.54) is 10.5 Å². The lowest BCUT2D eigenvalue weighted by Crippen LogP contribution is -2.43. The Labute approximate surface area is 209 Å². The zero-order valence-electron chi connectivity index (χ0n) is 19.9. The summed E-state index contributed by atoms with van der Waals surface area (Å²) in [7, 11) is -1.93. The fraction of sp³-hybridized carbons (Fsp3) is 0.417. The van der Waals surface area contributed by atoms with Crippen LogP contribution in [0.3, 0.4) is 0 Å². The van der Waals surface area contributed by atoms with Crippen molar-refractivity contribution in [3.05, 3.63) is 48.4 Å². The van der Waals surface area contributed by atoms with Gasteiger partial charge in [0.2, 0.25) is 15.9 Å². The third kappa shape index (κ3) is 4.25. The number of methoxy groups -OCH3 is 1. The molecule has 0 saturated carbocycles. The molecule has 0 aliphatic carbocycles. The van der Waals surface area contributed by atoms with Crippen LogP contribution in [0.5, 0.6) is 5.75 Å². The van der Waals surface area contributed by atoms with E-state index in [1.54, 1.807) is 17.8 Å². The Morgan fingerprint density at radius 1 is 1.17 bits per heavy atom. The first-order chi connectivity index (χ1) is 17.3. The smallest absolute Gasteiger partial charge is 0.235 e. The van der Waals surface area contributed by atoms with Crippen molar-refractivity contribution in [2.45, 2.75) is 25.3 Å². The van der Waals surface area contributed by atoms with Gasteiger partial charge in [-0.05, 0) is 25.3 Å². The number of carbonyl (C=O) groups excluding carboxylic acids is 1. The number of nitriles is 1. The molecular formula is C24H27N7O4S. The van der Waals surface area contributed by atoms with Gasteiger partial charge in [0.15, 0.2) is 0 Å². The number of amides is 1. The first kappa shape index (κ1) is 24.0. The lowest BCUT2D eigenvalue weighted by atomic mass is 10.0. The highest BCUT2D eigenvalue weighted by atomic mass is 32.2. The normalized spacial score (nSPS) is 19.4. The maximum atomic E-state index is 13.0. The minimum atomic E-state index is -3.49. The first-order valence-electron chi connectivity index (χ1n) is 11.8. The van der Waals surface area contributed by atoms with E-state index in [0.29, 0.717) is 42.9 Å². The van der Waals surface area contributed by atoms with Crippen molar-refractivity contribution in [1.29, 1.82) is 5.26 Å². The fourth-order valence-electron chi connectivity index (χ4n) is 5.04. The van der Waals surface area contributed by atoms with E-state index in [4.69, 9.17) is 4.74 Å². The molecule has 11 nitrogen and oxygen atoms in total. The SMILES string of the molecule is C=CS(=O)(=O)N1CC[C@H](C(=O)N2CCC(n3cc(-c4cc(OC)c5c(C#N)cnn5c4)cn3)CC2)C1. The maximum absolute atomic E-state index is 13.0. The fourth-order valence-corrected chi connectivity index (χ4v) is 6.00. The van der Waals surface area contributed by atoms with Gasteiger partial charge in [-0.2, -0.15) is 19.8 Å². The Morgan fingerprint density at radius 2 is 1.94 bits per heavy atom. The van der Waals surface area contributed by atoms with Crippen LogP contribution in [0.1, 0.15) is 30.9 Å². The topological polar surface area (TPSA) is 126 Å². The van der Waals surface area contributed by atoms with Crippen LogP contribution >= 0.6 is 0 Å². The predicted molar refractivity (Wildman–Crippen MR) is 131 cm³/mol. The average Bonchev–Trinajstić information content (AvgIpc) is 3.67. The van der Waals surface area contributed by atoms with Crippen LogP contribution in [0, 0.1) is 17.2 Å². The molecule has 0 N–H and O–H groups in total. The van der Waals surface area contributed by atoms with Gasteiger partial charge >= 0.3 is 0 Å². The second-order valence-corrected chi connectivity index (χ2v) is 11.0. The third-order valence-electron chi connectivity index (χ3n) is 7.07. The van der Waals surface area contributed by atoms with E-state index in [0.717, 1.165) is 29.4 Å². The van der Waals surface area contributed by atoms with Crippen molar-refractivity contribution < 1.29 is 17.9 Å². The summed E-state index contributed by atoms with van der Waals surface area (Å²) in [6.45, 7) is 5.14. The van der Waals surface area contributed by atoms with Crippen LogP contribution in [0.2, 0.25) is 0 Å². The molecule has 1 amide bonds. The zero-order valence-corrected chi connectivity index (χ0v) is 20.8. The van der Waals surface area contributed by atoms with E-state index < -0.39 is 10.0 Å². The van der Waals surface area contributed by atoms with E-state index in [-0.39, 0.29) is 24.4 Å². The lowest BCUT2D eigenvalue weighted by molar-refractivity contribution is -0.136. The molecule has 0 unspecified atom stereocenters. The highest BCUT2D eigenvalue weighted by Gasteiger charge is 2.37. The molecule has 2 fully saturated rings. The summed E-state index contributed by atoms with van der Waals surface area (Å²) in [5, 5.41) is 19.1. The summed E-state index contributed by atoms with van der Waals surface area (Å²) in [5.41, 5.74) is 2.84. The number of ether oxygens (including phenoxy) is 1. The molecule has 188 valence electrons. The Morgan fingerprint density at radius 3 is 2.64 bits per heavy atom. The number of piperidine rings is 1. The second-order valence-electron chi connectivity index (χ2n) is 9.08. The van der Waals surface area contributed by atoms with Crippen LogP contribution in [0.25, 0.3) is 16.6 Å². The van der Waals surface area contributed by atoms with E-state index in [2.05, 4.69) is 22.8 Å². The molecule has 12 heteroatoms. The van der Waals surface area contributed by atoms with Crippen molar-refractivity contribution in [2.24, 2.45) is 5.92 Å². The number of rotatable bonds is 6. The number of pyridine rings is 1. The lowest BCUT2D eigenvalue weighted by Gasteiger charge is -2.33. The molecule has 3 aromatic rings. The molecular weight excluding hydrogens is 482 g/mol. The zero-order chi connectivity index (χ0) is 25.4. The molecule has 5 heterocycles. The van der Waals surface area contributed by atoms with E-state index >= 15 is 0 Å². The number of nitrogens with zero attached hydrogens (tertiary/aromatic N) is 7. The Balaban J connectivity index is 1.25. The van der Waals surface area contributed by atoms with Crippen LogP contribution in [-0.2, 0) is 14.8 Å². The predicted octanol–water partition coefficient (Wildman–Crippen LogP) is 2.04. The van der Waals surface area contributed by atoms with Gasteiger partial charge in [0.1, 0.15) is 22.9 Å². The quantitative estimate of drug-likeness (QED) is 0.498. The average molecular weight is 510 g/mol. The Kier molecular flexibility index (Phi) is 6.27. The molecule has 0 spiro atoms. The second kappa shape index (κ2) is 9.40. The number of sulfonamides is 1. The first-order valence-corrected chi connectivity index (χ1v) is 13.3. The van der Waals surface area contributed by atoms with Gasteiger partial charge in [0, 0.05) is 55.1 Å². The van der Waals surface area contributed by atoms with E-state index in [1.807, 2.05) is 28.0 Å². The van der Waals surface area contributed by atoms with Crippen molar-refractivity contribution >= 4 is 21.4 Å². The van der Waals surface area contributed by atoms with Crippen LogP contribution in [0.15, 0.2) is 42.8 Å². The van der Waals surface area contributed by atoms with Crippen molar-refractivity contribution in [3.63, 3.8) is 0 Å². The van der Waals surface area contributed by atoms with E-state index in [9.17, 15) is 18.5 Å². The van der Waals surface area contributed by atoms with Crippen LogP contribution < -0.4 is 4.74 Å². The number of fused-ring (bicyclic) bond motifs is 1. The van der Waals surface area contributed by atoms with Gasteiger partial charge in [0.05, 0.1) is 31.5 Å². The molecule has 3 aromatic heterocycles. The summed E-state index contributed by atoms with van der Waals surface area (Å²) >= 11 is 0. The Bertz CT molecular complexity index is 1460. The molecule has 0 aromatic carbocycles. The molecule has 2 aliphatic rings. The van der Waals surface area contributed by atoms with Gasteiger partial charge in [-0.15, -0.1) is 0 Å². The van der Waals surface area contributed by atoms with Gasteiger partial charge in [-0.3, -0.25) is 9.48 Å². The van der Waals surface area contributed by atoms with Crippen molar-refractivity contribution in [3.8, 4) is 22.9 Å². The number of aromatic nitrogens is 4. The molecule has 0 bridgehead atoms. The molecule has 2 saturated heterocycles. The van der Waals surface area contributed by atoms with Crippen molar-refractivity contribution in [2.75, 3.05) is 33.3 Å². The summed E-state index contributed by atoms with van der Waals surface area (Å²) in [4.78, 5) is 14.8. The van der Waals surface area contributed by atoms with Gasteiger partial charge < -0.3 is 9.64 Å². The number of likely N-dealkylation sites (tertiary alicyclic amines) is 1. The Hall–Kier alpha value is -3.69. The third-order valence-corrected chi connectivity index (χ3v) is 8.55. The number of hydrogen-bond acceptors (Lipinski definition) is 7. The summed E-state index contributed by atoms with van der Waals surface area (Å²) < 4.78 is 34.4. The standard InChI is InChI=1S/C24H27N7O4S/c1-3-36(33,34)29-9-4-17(14-29)24(32)28-7-5-21(6-8-28)30-16-20(13-26-30)18-10-22(35-2)23-19(11-25)12-27-31(23)15-18/h3,10,12-13,15-17,21H,1,4-9,14H2,2H3/t17-/m0/s1. The molecule has 2 aliphatic heterocycles. The summed E-state index contributed by atoms with van der Waals surface area (Å²) in [5.74, 6) is 0.279. The van der Waals surface area contributed by atoms with Gasteiger partial charge in [-0.25, -0.2) is 12.9 Å². The van der Waals surface area contributed by atoms with Crippen molar-refractivity contribution in [1.82, 2.24) is 28.6 Å². The minimum Gasteiger partial charge on any atom is -0.494 e. The number of carbonyl (C=O) groups is 1.